The van der Waals surface area contributed by atoms with Crippen molar-refractivity contribution < 1.29 is 14.6 Å². The zero-order chi connectivity index (χ0) is 15.2. The van der Waals surface area contributed by atoms with E-state index >= 15 is 0 Å². The van der Waals surface area contributed by atoms with Gasteiger partial charge in [0.15, 0.2) is 11.5 Å². The van der Waals surface area contributed by atoms with Gasteiger partial charge in [0.2, 0.25) is 0 Å². The minimum atomic E-state index is -0.0575. The van der Waals surface area contributed by atoms with Crippen molar-refractivity contribution >= 4 is 11.6 Å². The molecule has 0 saturated heterocycles. The maximum absolute atomic E-state index is 9.10. The smallest absolute Gasteiger partial charge is 0.161 e. The lowest BCUT2D eigenvalue weighted by atomic mass is 10.1. The van der Waals surface area contributed by atoms with Crippen molar-refractivity contribution in [2.45, 2.75) is 13.2 Å². The van der Waals surface area contributed by atoms with Crippen LogP contribution in [-0.4, -0.2) is 12.2 Å². The maximum atomic E-state index is 9.10. The van der Waals surface area contributed by atoms with Gasteiger partial charge in [0.05, 0.1) is 25.3 Å². The first-order valence-corrected chi connectivity index (χ1v) is 6.65. The van der Waals surface area contributed by atoms with Gasteiger partial charge >= 0.3 is 0 Å². The molecule has 1 N–H and O–H groups in total. The number of aliphatic hydroxyl groups excluding tert-OH is 1. The van der Waals surface area contributed by atoms with E-state index in [0.717, 1.165) is 11.1 Å². The van der Waals surface area contributed by atoms with E-state index < -0.39 is 0 Å². The van der Waals surface area contributed by atoms with Crippen molar-refractivity contribution in [1.82, 2.24) is 0 Å². The Bertz CT molecular complexity index is 680. The van der Waals surface area contributed by atoms with Crippen molar-refractivity contribution in [3.8, 4) is 17.6 Å². The molecule has 4 nitrogen and oxygen atoms in total. The Labute approximate surface area is 128 Å². The monoisotopic (exact) mass is 303 g/mol. The lowest BCUT2D eigenvalue weighted by Gasteiger charge is -2.12. The summed E-state index contributed by atoms with van der Waals surface area (Å²) in [6.07, 6.45) is 0. The van der Waals surface area contributed by atoms with Crippen LogP contribution in [0, 0.1) is 11.3 Å². The number of ether oxygens (including phenoxy) is 2. The first-order valence-electron chi connectivity index (χ1n) is 6.27. The zero-order valence-electron chi connectivity index (χ0n) is 11.5. The molecule has 2 aromatic rings. The number of halogens is 1. The van der Waals surface area contributed by atoms with Crippen LogP contribution in [0.5, 0.6) is 11.5 Å². The third-order valence-electron chi connectivity index (χ3n) is 2.98. The summed E-state index contributed by atoms with van der Waals surface area (Å²) in [7, 11) is 1.54. The fourth-order valence-electron chi connectivity index (χ4n) is 1.82. The van der Waals surface area contributed by atoms with Crippen LogP contribution in [0.15, 0.2) is 36.4 Å². The molecule has 0 aliphatic rings. The number of rotatable bonds is 5. The molecule has 0 atom stereocenters. The zero-order valence-corrected chi connectivity index (χ0v) is 12.2. The summed E-state index contributed by atoms with van der Waals surface area (Å²) in [5, 5.41) is 18.4. The third-order valence-corrected chi connectivity index (χ3v) is 3.33. The van der Waals surface area contributed by atoms with Gasteiger partial charge in [0.1, 0.15) is 6.61 Å². The number of benzene rings is 2. The van der Waals surface area contributed by atoms with E-state index in [2.05, 4.69) is 0 Å². The highest BCUT2D eigenvalue weighted by Gasteiger charge is 2.08. The van der Waals surface area contributed by atoms with Crippen LogP contribution >= 0.6 is 11.6 Å². The number of hydrogen-bond acceptors (Lipinski definition) is 4. The fourth-order valence-corrected chi connectivity index (χ4v) is 2.05. The molecule has 0 heterocycles. The van der Waals surface area contributed by atoms with E-state index in [-0.39, 0.29) is 13.2 Å². The van der Waals surface area contributed by atoms with Crippen molar-refractivity contribution in [3.05, 3.63) is 58.1 Å². The molecule has 0 amide bonds. The van der Waals surface area contributed by atoms with E-state index in [9.17, 15) is 0 Å². The summed E-state index contributed by atoms with van der Waals surface area (Å²) >= 11 is 6.10. The number of hydrogen-bond donors (Lipinski definition) is 1. The second-order valence-electron chi connectivity index (χ2n) is 4.35. The third kappa shape index (κ3) is 3.66. The van der Waals surface area contributed by atoms with E-state index in [4.69, 9.17) is 31.4 Å². The average molecular weight is 304 g/mol. The first-order chi connectivity index (χ1) is 10.2. The lowest BCUT2D eigenvalue weighted by molar-refractivity contribution is 0.274. The maximum Gasteiger partial charge on any atom is 0.161 e. The molecular weight excluding hydrogens is 290 g/mol. The Morgan fingerprint density at radius 1 is 1.19 bits per heavy atom. The summed E-state index contributed by atoms with van der Waals surface area (Å²) in [6, 6.07) is 12.3. The van der Waals surface area contributed by atoms with E-state index in [1.165, 1.54) is 7.11 Å². The van der Waals surface area contributed by atoms with E-state index in [1.807, 2.05) is 6.07 Å². The fraction of sp³-hybridized carbons (Fsp3) is 0.188. The van der Waals surface area contributed by atoms with Crippen LogP contribution in [0.1, 0.15) is 16.7 Å². The second-order valence-corrected chi connectivity index (χ2v) is 4.76. The summed E-state index contributed by atoms with van der Waals surface area (Å²) in [5.74, 6) is 1.11. The summed E-state index contributed by atoms with van der Waals surface area (Å²) in [5.41, 5.74) is 2.04. The molecule has 0 fully saturated rings. The Morgan fingerprint density at radius 3 is 2.62 bits per heavy atom. The van der Waals surface area contributed by atoms with Gasteiger partial charge in [-0.3, -0.25) is 0 Å². The average Bonchev–Trinajstić information content (AvgIpc) is 2.53. The van der Waals surface area contributed by atoms with Crippen LogP contribution in [0.3, 0.4) is 0 Å². The predicted octanol–water partition coefficient (Wildman–Crippen LogP) is 3.29. The first kappa shape index (κ1) is 15.2. The molecule has 0 radical (unpaired) electrons. The largest absolute Gasteiger partial charge is 0.493 e. The van der Waals surface area contributed by atoms with E-state index in [1.54, 1.807) is 36.4 Å². The molecule has 21 heavy (non-hydrogen) atoms. The van der Waals surface area contributed by atoms with Crippen molar-refractivity contribution in [2.24, 2.45) is 0 Å². The molecule has 0 saturated carbocycles. The van der Waals surface area contributed by atoms with Crippen LogP contribution in [0.4, 0.5) is 0 Å². The number of aliphatic hydroxyl groups is 1. The van der Waals surface area contributed by atoms with Gasteiger partial charge in [-0.2, -0.15) is 5.26 Å². The van der Waals surface area contributed by atoms with Gasteiger partial charge in [0, 0.05) is 10.6 Å². The molecule has 0 unspecified atom stereocenters. The second kappa shape index (κ2) is 6.98. The number of nitrogens with zero attached hydrogens (tertiary/aromatic N) is 1. The molecule has 0 aromatic heterocycles. The van der Waals surface area contributed by atoms with Gasteiger partial charge in [-0.25, -0.2) is 0 Å². The summed E-state index contributed by atoms with van der Waals surface area (Å²) in [4.78, 5) is 0. The van der Waals surface area contributed by atoms with Gasteiger partial charge in [-0.15, -0.1) is 0 Å². The van der Waals surface area contributed by atoms with Gasteiger partial charge in [0.25, 0.3) is 0 Å². The Kier molecular flexibility index (Phi) is 5.04. The Hall–Kier alpha value is -2.22. The lowest BCUT2D eigenvalue weighted by Crippen LogP contribution is -1.99. The molecule has 0 spiro atoms. The highest BCUT2D eigenvalue weighted by molar-refractivity contribution is 6.31. The molecule has 0 aliphatic heterocycles. The Morgan fingerprint density at radius 2 is 2.00 bits per heavy atom. The predicted molar refractivity (Wildman–Crippen MR) is 79.4 cm³/mol. The van der Waals surface area contributed by atoms with E-state index in [0.29, 0.717) is 22.1 Å². The van der Waals surface area contributed by atoms with Crippen molar-refractivity contribution in [3.63, 3.8) is 0 Å². The highest BCUT2D eigenvalue weighted by atomic mass is 35.5. The Balaban J connectivity index is 2.15. The van der Waals surface area contributed by atoms with Crippen LogP contribution in [0.2, 0.25) is 5.02 Å². The molecular formula is C16H14ClNO3. The molecule has 2 aromatic carbocycles. The van der Waals surface area contributed by atoms with Gasteiger partial charge < -0.3 is 14.6 Å². The van der Waals surface area contributed by atoms with Crippen molar-refractivity contribution in [1.29, 1.82) is 5.26 Å². The van der Waals surface area contributed by atoms with Crippen LogP contribution < -0.4 is 9.47 Å². The quantitative estimate of drug-likeness (QED) is 0.920. The minimum absolute atomic E-state index is 0.0575. The number of methoxy groups -OCH3 is 1. The molecule has 2 rings (SSSR count). The SMILES string of the molecule is COc1cc(CO)ccc1OCc1ccc(C#N)cc1Cl. The molecule has 0 bridgehead atoms. The topological polar surface area (TPSA) is 62.5 Å². The normalized spacial score (nSPS) is 10.0. The van der Waals surface area contributed by atoms with Crippen molar-refractivity contribution in [2.75, 3.05) is 7.11 Å². The molecule has 0 aliphatic carbocycles. The molecule has 5 heteroatoms. The van der Waals surface area contributed by atoms with Gasteiger partial charge in [-0.05, 0) is 29.8 Å². The van der Waals surface area contributed by atoms with Crippen LogP contribution in [-0.2, 0) is 13.2 Å². The molecule has 108 valence electrons. The summed E-state index contributed by atoms with van der Waals surface area (Å²) in [6.45, 7) is 0.206. The van der Waals surface area contributed by atoms with Crippen LogP contribution in [0.25, 0.3) is 0 Å². The van der Waals surface area contributed by atoms with Gasteiger partial charge in [-0.1, -0.05) is 23.7 Å². The number of nitriles is 1. The minimum Gasteiger partial charge on any atom is -0.493 e. The summed E-state index contributed by atoms with van der Waals surface area (Å²) < 4.78 is 10.9. The highest BCUT2D eigenvalue weighted by Crippen LogP contribution is 2.29. The standard InChI is InChI=1S/C16H14ClNO3/c1-20-16-7-12(9-19)3-5-15(16)21-10-13-4-2-11(8-18)6-14(13)17/h2-7,19H,9-10H2,1H3.